The topological polar surface area (TPSA) is 48.1 Å². The quantitative estimate of drug-likeness (QED) is 0.771. The van der Waals surface area contributed by atoms with Crippen LogP contribution in [0.2, 0.25) is 0 Å². The van der Waals surface area contributed by atoms with E-state index in [2.05, 4.69) is 10.3 Å². The van der Waals surface area contributed by atoms with Crippen LogP contribution in [-0.4, -0.2) is 25.0 Å². The van der Waals surface area contributed by atoms with Crippen molar-refractivity contribution in [3.63, 3.8) is 0 Å². The summed E-state index contributed by atoms with van der Waals surface area (Å²) in [6, 6.07) is 15.7. The molecule has 3 aromatic rings. The van der Waals surface area contributed by atoms with Crippen molar-refractivity contribution in [2.45, 2.75) is 6.92 Å². The van der Waals surface area contributed by atoms with Crippen molar-refractivity contribution in [2.24, 2.45) is 0 Å². The molecule has 22 heavy (non-hydrogen) atoms. The number of hydrogen-bond acceptors (Lipinski definition) is 2. The van der Waals surface area contributed by atoms with Crippen LogP contribution in [0.4, 0.5) is 11.4 Å². The normalized spacial score (nSPS) is 10.7. The van der Waals surface area contributed by atoms with Crippen LogP contribution in [-0.2, 0) is 0 Å². The monoisotopic (exact) mass is 293 g/mol. The first-order chi connectivity index (χ1) is 10.5. The first-order valence-electron chi connectivity index (χ1n) is 7.21. The molecule has 0 spiro atoms. The van der Waals surface area contributed by atoms with Crippen LogP contribution < -0.4 is 10.2 Å². The van der Waals surface area contributed by atoms with Gasteiger partial charge in [-0.25, -0.2) is 0 Å². The molecule has 0 atom stereocenters. The molecule has 4 nitrogen and oxygen atoms in total. The maximum Gasteiger partial charge on any atom is 0.272 e. The molecule has 0 aliphatic heterocycles. The number of rotatable bonds is 3. The predicted molar refractivity (Wildman–Crippen MR) is 91.8 cm³/mol. The Kier molecular flexibility index (Phi) is 3.59. The van der Waals surface area contributed by atoms with E-state index in [9.17, 15) is 4.79 Å². The summed E-state index contributed by atoms with van der Waals surface area (Å²) in [6.07, 6.45) is 0. The molecule has 0 aliphatic rings. The Morgan fingerprint density at radius 1 is 1.05 bits per heavy atom. The van der Waals surface area contributed by atoms with E-state index in [0.29, 0.717) is 5.69 Å². The fraction of sp³-hybridized carbons (Fsp3) is 0.167. The van der Waals surface area contributed by atoms with Gasteiger partial charge in [0.1, 0.15) is 5.69 Å². The molecule has 0 unspecified atom stereocenters. The van der Waals surface area contributed by atoms with Gasteiger partial charge in [-0.1, -0.05) is 12.1 Å². The Balaban J connectivity index is 1.80. The Bertz CT molecular complexity index is 816. The molecule has 1 aromatic heterocycles. The summed E-state index contributed by atoms with van der Waals surface area (Å²) in [7, 11) is 3.97. The van der Waals surface area contributed by atoms with E-state index >= 15 is 0 Å². The Morgan fingerprint density at radius 3 is 2.45 bits per heavy atom. The summed E-state index contributed by atoms with van der Waals surface area (Å²) < 4.78 is 0. The van der Waals surface area contributed by atoms with Gasteiger partial charge in [0.15, 0.2) is 0 Å². The van der Waals surface area contributed by atoms with Crippen molar-refractivity contribution in [3.05, 3.63) is 59.8 Å². The van der Waals surface area contributed by atoms with Gasteiger partial charge in [0.2, 0.25) is 0 Å². The summed E-state index contributed by atoms with van der Waals surface area (Å²) in [5, 5.41) is 3.95. The second-order valence-corrected chi connectivity index (χ2v) is 5.67. The van der Waals surface area contributed by atoms with Gasteiger partial charge in [-0.05, 0) is 48.9 Å². The van der Waals surface area contributed by atoms with Crippen molar-refractivity contribution in [3.8, 4) is 0 Å². The molecule has 2 N–H and O–H groups in total. The van der Waals surface area contributed by atoms with Gasteiger partial charge in [-0.2, -0.15) is 0 Å². The van der Waals surface area contributed by atoms with Gasteiger partial charge in [0.25, 0.3) is 5.91 Å². The number of H-pyrrole nitrogens is 1. The van der Waals surface area contributed by atoms with Gasteiger partial charge in [0.05, 0.1) is 0 Å². The molecule has 1 amide bonds. The average Bonchev–Trinajstić information content (AvgIpc) is 2.91. The summed E-state index contributed by atoms with van der Waals surface area (Å²) >= 11 is 0. The van der Waals surface area contributed by atoms with E-state index in [1.807, 2.05) is 74.4 Å². The zero-order chi connectivity index (χ0) is 15.7. The third-order valence-electron chi connectivity index (χ3n) is 3.66. The van der Waals surface area contributed by atoms with Crippen molar-refractivity contribution in [2.75, 3.05) is 24.3 Å². The molecule has 112 valence electrons. The van der Waals surface area contributed by atoms with Gasteiger partial charge >= 0.3 is 0 Å². The van der Waals surface area contributed by atoms with E-state index in [4.69, 9.17) is 0 Å². The van der Waals surface area contributed by atoms with E-state index in [0.717, 1.165) is 22.3 Å². The lowest BCUT2D eigenvalue weighted by atomic mass is 10.2. The van der Waals surface area contributed by atoms with Crippen LogP contribution in [0, 0.1) is 6.92 Å². The highest BCUT2D eigenvalue weighted by Crippen LogP contribution is 2.19. The van der Waals surface area contributed by atoms with Crippen LogP contribution in [0.3, 0.4) is 0 Å². The maximum absolute atomic E-state index is 12.3. The van der Waals surface area contributed by atoms with Crippen molar-refractivity contribution in [1.82, 2.24) is 4.98 Å². The summed E-state index contributed by atoms with van der Waals surface area (Å²) in [5.41, 5.74) is 4.59. The van der Waals surface area contributed by atoms with Crippen molar-refractivity contribution < 1.29 is 4.79 Å². The third-order valence-corrected chi connectivity index (χ3v) is 3.66. The highest BCUT2D eigenvalue weighted by atomic mass is 16.1. The van der Waals surface area contributed by atoms with Crippen LogP contribution in [0.25, 0.3) is 10.9 Å². The average molecular weight is 293 g/mol. The minimum absolute atomic E-state index is 0.133. The number of nitrogens with one attached hydrogen (secondary N) is 2. The van der Waals surface area contributed by atoms with E-state index in [1.165, 1.54) is 5.56 Å². The maximum atomic E-state index is 12.3. The zero-order valence-electron chi connectivity index (χ0n) is 13.0. The molecule has 0 saturated heterocycles. The standard InChI is InChI=1S/C18H19N3O/c1-12-4-5-13-11-17(20-16(13)10-12)18(22)19-14-6-8-15(9-7-14)21(2)3/h4-11,20H,1-3H3,(H,19,22). The highest BCUT2D eigenvalue weighted by molar-refractivity contribution is 6.06. The first kappa shape index (κ1) is 14.2. The van der Waals surface area contributed by atoms with Crippen molar-refractivity contribution in [1.29, 1.82) is 0 Å². The molecular weight excluding hydrogens is 274 g/mol. The molecule has 0 bridgehead atoms. The number of fused-ring (bicyclic) bond motifs is 1. The van der Waals surface area contributed by atoms with Gasteiger partial charge in [-0.3, -0.25) is 4.79 Å². The number of anilines is 2. The molecule has 0 aliphatic carbocycles. The number of amides is 1. The van der Waals surface area contributed by atoms with Crippen molar-refractivity contribution >= 4 is 28.2 Å². The summed E-state index contributed by atoms with van der Waals surface area (Å²) in [5.74, 6) is -0.133. The fourth-order valence-corrected chi connectivity index (χ4v) is 2.40. The number of carbonyl (C=O) groups excluding carboxylic acids is 1. The number of carbonyl (C=O) groups is 1. The van der Waals surface area contributed by atoms with Gasteiger partial charge in [-0.15, -0.1) is 0 Å². The Morgan fingerprint density at radius 2 is 1.77 bits per heavy atom. The summed E-state index contributed by atoms with van der Waals surface area (Å²) in [6.45, 7) is 2.03. The minimum Gasteiger partial charge on any atom is -0.378 e. The fourth-order valence-electron chi connectivity index (χ4n) is 2.40. The molecule has 0 radical (unpaired) electrons. The van der Waals surface area contributed by atoms with E-state index < -0.39 is 0 Å². The second kappa shape index (κ2) is 5.56. The molecule has 0 saturated carbocycles. The molecule has 2 aromatic carbocycles. The zero-order valence-corrected chi connectivity index (χ0v) is 13.0. The van der Waals surface area contributed by atoms with Crippen LogP contribution >= 0.6 is 0 Å². The molecule has 4 heteroatoms. The Hall–Kier alpha value is -2.75. The molecular formula is C18H19N3O. The Labute approximate surface area is 129 Å². The number of aromatic amines is 1. The van der Waals surface area contributed by atoms with Crippen LogP contribution in [0.1, 0.15) is 16.1 Å². The number of nitrogens with zero attached hydrogens (tertiary/aromatic N) is 1. The smallest absolute Gasteiger partial charge is 0.272 e. The minimum atomic E-state index is -0.133. The number of aryl methyl sites for hydroxylation is 1. The molecule has 3 rings (SSSR count). The number of benzene rings is 2. The first-order valence-corrected chi connectivity index (χ1v) is 7.21. The molecule has 1 heterocycles. The van der Waals surface area contributed by atoms with E-state index in [-0.39, 0.29) is 5.91 Å². The lowest BCUT2D eigenvalue weighted by Gasteiger charge is -2.12. The largest absolute Gasteiger partial charge is 0.378 e. The predicted octanol–water partition coefficient (Wildman–Crippen LogP) is 3.79. The van der Waals surface area contributed by atoms with Crippen LogP contribution in [0.15, 0.2) is 48.5 Å². The van der Waals surface area contributed by atoms with E-state index in [1.54, 1.807) is 0 Å². The molecule has 0 fully saturated rings. The lowest BCUT2D eigenvalue weighted by Crippen LogP contribution is -2.13. The lowest BCUT2D eigenvalue weighted by molar-refractivity contribution is 0.102. The van der Waals surface area contributed by atoms with Gasteiger partial charge in [0, 0.05) is 36.4 Å². The van der Waals surface area contributed by atoms with Crippen LogP contribution in [0.5, 0.6) is 0 Å². The number of hydrogen-bond donors (Lipinski definition) is 2. The van der Waals surface area contributed by atoms with Gasteiger partial charge < -0.3 is 15.2 Å². The number of aromatic nitrogens is 1. The highest BCUT2D eigenvalue weighted by Gasteiger charge is 2.10. The third kappa shape index (κ3) is 2.81. The second-order valence-electron chi connectivity index (χ2n) is 5.67. The SMILES string of the molecule is Cc1ccc2cc(C(=O)Nc3ccc(N(C)C)cc3)[nH]c2c1. The summed E-state index contributed by atoms with van der Waals surface area (Å²) in [4.78, 5) is 17.5.